The number of hydrogen-bond acceptors (Lipinski definition) is 6. The van der Waals surface area contributed by atoms with Gasteiger partial charge in [0.2, 0.25) is 10.0 Å². The maximum atomic E-state index is 12.6. The lowest BCUT2D eigenvalue weighted by Gasteiger charge is -2.31. The van der Waals surface area contributed by atoms with Crippen molar-refractivity contribution in [3.05, 3.63) is 18.5 Å². The van der Waals surface area contributed by atoms with Crippen LogP contribution >= 0.6 is 0 Å². The molecular weight excluding hydrogens is 268 g/mol. The van der Waals surface area contributed by atoms with Gasteiger partial charge >= 0.3 is 0 Å². The van der Waals surface area contributed by atoms with Crippen LogP contribution in [-0.2, 0) is 14.8 Å². The van der Waals surface area contributed by atoms with Crippen LogP contribution < -0.4 is 11.3 Å². The van der Waals surface area contributed by atoms with Gasteiger partial charge < -0.3 is 10.2 Å². The molecule has 1 aromatic rings. The summed E-state index contributed by atoms with van der Waals surface area (Å²) >= 11 is 0. The van der Waals surface area contributed by atoms with Crippen molar-refractivity contribution in [3.63, 3.8) is 0 Å². The van der Waals surface area contributed by atoms with Crippen LogP contribution in [0.1, 0.15) is 12.8 Å². The molecule has 7 nitrogen and oxygen atoms in total. The lowest BCUT2D eigenvalue weighted by Crippen LogP contribution is -2.43. The monoisotopic (exact) mass is 286 g/mol. The van der Waals surface area contributed by atoms with E-state index in [1.807, 2.05) is 0 Å². The second-order valence-corrected chi connectivity index (χ2v) is 6.29. The Balaban J connectivity index is 2.31. The molecule has 2 heterocycles. The fourth-order valence-corrected chi connectivity index (χ4v) is 3.77. The number of aromatic nitrogens is 1. The molecule has 0 spiro atoms. The van der Waals surface area contributed by atoms with Gasteiger partial charge in [-0.2, -0.15) is 4.31 Å². The van der Waals surface area contributed by atoms with Gasteiger partial charge in [-0.15, -0.1) is 0 Å². The largest absolute Gasteiger partial charge is 0.380 e. The molecule has 8 heteroatoms. The van der Waals surface area contributed by atoms with E-state index < -0.39 is 10.0 Å². The number of piperidine rings is 1. The van der Waals surface area contributed by atoms with Gasteiger partial charge in [0, 0.05) is 32.6 Å². The van der Waals surface area contributed by atoms with Crippen molar-refractivity contribution in [1.29, 1.82) is 0 Å². The number of hydrazine groups is 1. The molecule has 1 saturated heterocycles. The SMILES string of the molecule is COC1CCCN(S(=O)(=O)c2cnccc2NN)C1. The Labute approximate surface area is 112 Å². The first-order valence-electron chi connectivity index (χ1n) is 6.03. The van der Waals surface area contributed by atoms with Crippen molar-refractivity contribution in [2.24, 2.45) is 5.84 Å². The first kappa shape index (κ1) is 14.2. The molecule has 1 aliphatic heterocycles. The molecule has 1 aliphatic rings. The second-order valence-electron chi connectivity index (χ2n) is 4.38. The van der Waals surface area contributed by atoms with E-state index >= 15 is 0 Å². The fourth-order valence-electron chi connectivity index (χ4n) is 2.16. The predicted octanol–water partition coefficient (Wildman–Crippen LogP) is 0.167. The summed E-state index contributed by atoms with van der Waals surface area (Å²) in [5.41, 5.74) is 2.73. The number of ether oxygens (including phenoxy) is 1. The molecule has 0 saturated carbocycles. The summed E-state index contributed by atoms with van der Waals surface area (Å²) < 4.78 is 31.8. The van der Waals surface area contributed by atoms with Crippen LogP contribution in [0.25, 0.3) is 0 Å². The van der Waals surface area contributed by atoms with E-state index in [0.717, 1.165) is 12.8 Å². The highest BCUT2D eigenvalue weighted by molar-refractivity contribution is 7.89. The topological polar surface area (TPSA) is 97.5 Å². The van der Waals surface area contributed by atoms with Gasteiger partial charge in [0.25, 0.3) is 0 Å². The number of nitrogens with two attached hydrogens (primary N) is 1. The van der Waals surface area contributed by atoms with Crippen molar-refractivity contribution in [2.45, 2.75) is 23.8 Å². The highest BCUT2D eigenvalue weighted by Crippen LogP contribution is 2.25. The molecule has 19 heavy (non-hydrogen) atoms. The average Bonchev–Trinajstić information content (AvgIpc) is 2.47. The van der Waals surface area contributed by atoms with Crippen molar-refractivity contribution in [1.82, 2.24) is 9.29 Å². The van der Waals surface area contributed by atoms with Crippen LogP contribution in [-0.4, -0.2) is 44.0 Å². The molecule has 1 atom stereocenters. The van der Waals surface area contributed by atoms with Gasteiger partial charge in [-0.25, -0.2) is 8.42 Å². The highest BCUT2D eigenvalue weighted by atomic mass is 32.2. The molecule has 2 rings (SSSR count). The third kappa shape index (κ3) is 2.86. The number of anilines is 1. The van der Waals surface area contributed by atoms with Crippen molar-refractivity contribution < 1.29 is 13.2 Å². The molecule has 0 bridgehead atoms. The van der Waals surface area contributed by atoms with Crippen LogP contribution in [0.4, 0.5) is 5.69 Å². The molecule has 1 aromatic heterocycles. The quantitative estimate of drug-likeness (QED) is 0.605. The number of nitrogen functional groups attached to an aromatic ring is 1. The van der Waals surface area contributed by atoms with Crippen LogP contribution in [0.5, 0.6) is 0 Å². The Morgan fingerprint density at radius 1 is 1.58 bits per heavy atom. The van der Waals surface area contributed by atoms with Crippen LogP contribution in [0.3, 0.4) is 0 Å². The van der Waals surface area contributed by atoms with Gasteiger partial charge in [0.1, 0.15) is 4.90 Å². The summed E-state index contributed by atoms with van der Waals surface area (Å²) in [6, 6.07) is 1.53. The van der Waals surface area contributed by atoms with E-state index in [4.69, 9.17) is 10.6 Å². The third-order valence-electron chi connectivity index (χ3n) is 3.23. The van der Waals surface area contributed by atoms with Crippen molar-refractivity contribution in [2.75, 3.05) is 25.6 Å². The maximum Gasteiger partial charge on any atom is 0.246 e. The van der Waals surface area contributed by atoms with E-state index in [0.29, 0.717) is 18.8 Å². The standard InChI is InChI=1S/C11H18N4O3S/c1-18-9-3-2-6-15(8-9)19(16,17)11-7-13-5-4-10(11)14-12/h4-5,7,9H,2-3,6,8,12H2,1H3,(H,13,14). The van der Waals surface area contributed by atoms with Gasteiger partial charge in [0.15, 0.2) is 0 Å². The first-order valence-corrected chi connectivity index (χ1v) is 7.47. The Hall–Kier alpha value is -1.22. The van der Waals surface area contributed by atoms with E-state index in [9.17, 15) is 8.42 Å². The zero-order chi connectivity index (χ0) is 13.9. The Morgan fingerprint density at radius 3 is 3.05 bits per heavy atom. The average molecular weight is 286 g/mol. The zero-order valence-electron chi connectivity index (χ0n) is 10.7. The lowest BCUT2D eigenvalue weighted by atomic mass is 10.1. The zero-order valence-corrected chi connectivity index (χ0v) is 11.6. The fraction of sp³-hybridized carbons (Fsp3) is 0.545. The van der Waals surface area contributed by atoms with E-state index in [1.54, 1.807) is 7.11 Å². The predicted molar refractivity (Wildman–Crippen MR) is 70.8 cm³/mol. The molecule has 106 valence electrons. The van der Waals surface area contributed by atoms with E-state index in [1.165, 1.54) is 22.8 Å². The van der Waals surface area contributed by atoms with Gasteiger partial charge in [0.05, 0.1) is 11.8 Å². The van der Waals surface area contributed by atoms with Crippen molar-refractivity contribution >= 4 is 15.7 Å². The summed E-state index contributed by atoms with van der Waals surface area (Å²) in [4.78, 5) is 3.95. The summed E-state index contributed by atoms with van der Waals surface area (Å²) in [6.07, 6.45) is 4.39. The maximum absolute atomic E-state index is 12.6. The highest BCUT2D eigenvalue weighted by Gasteiger charge is 2.31. The number of pyridine rings is 1. The number of rotatable bonds is 4. The van der Waals surface area contributed by atoms with Crippen LogP contribution in [0.2, 0.25) is 0 Å². The molecule has 3 N–H and O–H groups in total. The van der Waals surface area contributed by atoms with Gasteiger partial charge in [-0.3, -0.25) is 10.8 Å². The van der Waals surface area contributed by atoms with Crippen LogP contribution in [0, 0.1) is 0 Å². The Morgan fingerprint density at radius 2 is 2.37 bits per heavy atom. The summed E-state index contributed by atoms with van der Waals surface area (Å²) in [6.45, 7) is 0.846. The summed E-state index contributed by atoms with van der Waals surface area (Å²) in [7, 11) is -2.00. The minimum atomic E-state index is -3.60. The molecule has 0 amide bonds. The molecule has 1 unspecified atom stereocenters. The smallest absolute Gasteiger partial charge is 0.246 e. The van der Waals surface area contributed by atoms with Crippen molar-refractivity contribution in [3.8, 4) is 0 Å². The molecule has 0 aliphatic carbocycles. The number of nitrogens with zero attached hydrogens (tertiary/aromatic N) is 2. The van der Waals surface area contributed by atoms with Gasteiger partial charge in [-0.05, 0) is 18.9 Å². The number of nitrogens with one attached hydrogen (secondary N) is 1. The molecule has 1 fully saturated rings. The minimum Gasteiger partial charge on any atom is -0.380 e. The number of methoxy groups -OCH3 is 1. The second kappa shape index (κ2) is 5.83. The summed E-state index contributed by atoms with van der Waals surface area (Å²) in [5.74, 6) is 5.34. The Bertz CT molecular complexity index is 534. The van der Waals surface area contributed by atoms with Crippen LogP contribution in [0.15, 0.2) is 23.4 Å². The molecule has 0 radical (unpaired) electrons. The summed E-state index contributed by atoms with van der Waals surface area (Å²) in [5, 5.41) is 0. The molecule has 0 aromatic carbocycles. The van der Waals surface area contributed by atoms with E-state index in [2.05, 4.69) is 10.4 Å². The Kier molecular flexibility index (Phi) is 4.35. The normalized spacial score (nSPS) is 21.3. The van der Waals surface area contributed by atoms with Gasteiger partial charge in [-0.1, -0.05) is 0 Å². The number of sulfonamides is 1. The lowest BCUT2D eigenvalue weighted by molar-refractivity contribution is 0.0572. The third-order valence-corrected chi connectivity index (χ3v) is 5.12. The first-order chi connectivity index (χ1) is 9.09. The number of hydrogen-bond donors (Lipinski definition) is 2. The molecular formula is C11H18N4O3S. The minimum absolute atomic E-state index is 0.0607. The van der Waals surface area contributed by atoms with E-state index in [-0.39, 0.29) is 11.0 Å².